The van der Waals surface area contributed by atoms with Gasteiger partial charge in [-0.1, -0.05) is 13.8 Å². The Morgan fingerprint density at radius 3 is 3.00 bits per heavy atom. The van der Waals surface area contributed by atoms with Crippen LogP contribution in [0, 0.1) is 5.41 Å². The summed E-state index contributed by atoms with van der Waals surface area (Å²) in [6.07, 6.45) is 2.73. The minimum Gasteiger partial charge on any atom is -0.478 e. The summed E-state index contributed by atoms with van der Waals surface area (Å²) in [5.41, 5.74) is 2.01. The third-order valence-electron chi connectivity index (χ3n) is 4.07. The molecule has 106 valence electrons. The van der Waals surface area contributed by atoms with E-state index in [0.29, 0.717) is 12.2 Å². The van der Waals surface area contributed by atoms with Crippen LogP contribution in [0.15, 0.2) is 24.5 Å². The first-order valence-corrected chi connectivity index (χ1v) is 6.77. The van der Waals surface area contributed by atoms with Crippen molar-refractivity contribution in [3.63, 3.8) is 0 Å². The minimum atomic E-state index is -0.911. The standard InChI is InChI=1S/C15H18N2O3/c1-15(2)8-20-6-5-13(15)17-9-16-11-4-3-10(14(18)19)7-12(11)17/h3-4,7,9,13H,5-6,8H2,1-2H3,(H,18,19). The zero-order chi connectivity index (χ0) is 14.3. The Morgan fingerprint density at radius 1 is 1.50 bits per heavy atom. The Kier molecular flexibility index (Phi) is 3.01. The van der Waals surface area contributed by atoms with Crippen molar-refractivity contribution in [1.82, 2.24) is 9.55 Å². The van der Waals surface area contributed by atoms with Crippen molar-refractivity contribution in [2.75, 3.05) is 13.2 Å². The lowest BCUT2D eigenvalue weighted by Gasteiger charge is -2.39. The maximum atomic E-state index is 11.1. The van der Waals surface area contributed by atoms with Crippen LogP contribution in [0.25, 0.3) is 11.0 Å². The molecule has 1 aromatic carbocycles. The van der Waals surface area contributed by atoms with E-state index in [1.165, 1.54) is 0 Å². The summed E-state index contributed by atoms with van der Waals surface area (Å²) in [5.74, 6) is -0.911. The van der Waals surface area contributed by atoms with Crippen molar-refractivity contribution in [2.45, 2.75) is 26.3 Å². The second kappa shape index (κ2) is 4.59. The molecular weight excluding hydrogens is 256 g/mol. The van der Waals surface area contributed by atoms with Gasteiger partial charge in [-0.05, 0) is 24.6 Å². The predicted octanol–water partition coefficient (Wildman–Crippen LogP) is 2.72. The van der Waals surface area contributed by atoms with E-state index in [2.05, 4.69) is 23.4 Å². The van der Waals surface area contributed by atoms with E-state index in [9.17, 15) is 4.79 Å². The van der Waals surface area contributed by atoms with E-state index < -0.39 is 5.97 Å². The highest BCUT2D eigenvalue weighted by Gasteiger charge is 2.35. The van der Waals surface area contributed by atoms with Gasteiger partial charge in [-0.25, -0.2) is 9.78 Å². The molecule has 20 heavy (non-hydrogen) atoms. The smallest absolute Gasteiger partial charge is 0.335 e. The Morgan fingerprint density at radius 2 is 2.30 bits per heavy atom. The van der Waals surface area contributed by atoms with Gasteiger partial charge in [0.2, 0.25) is 0 Å². The van der Waals surface area contributed by atoms with Gasteiger partial charge in [-0.15, -0.1) is 0 Å². The molecule has 0 aliphatic carbocycles. The number of fused-ring (bicyclic) bond motifs is 1. The minimum absolute atomic E-state index is 0.00507. The quantitative estimate of drug-likeness (QED) is 0.914. The SMILES string of the molecule is CC1(C)COCCC1n1cnc2ccc(C(=O)O)cc21. The number of carboxylic acids is 1. The molecule has 0 amide bonds. The Balaban J connectivity index is 2.11. The van der Waals surface area contributed by atoms with Crippen molar-refractivity contribution in [3.8, 4) is 0 Å². The molecule has 3 rings (SSSR count). The number of aromatic nitrogens is 2. The lowest BCUT2D eigenvalue weighted by molar-refractivity contribution is -0.0243. The number of carboxylic acid groups (broad SMARTS) is 1. The van der Waals surface area contributed by atoms with Crippen molar-refractivity contribution in [1.29, 1.82) is 0 Å². The van der Waals surface area contributed by atoms with Crippen LogP contribution in [-0.4, -0.2) is 33.8 Å². The normalized spacial score (nSPS) is 22.0. The first kappa shape index (κ1) is 13.1. The summed E-state index contributed by atoms with van der Waals surface area (Å²) in [4.78, 5) is 15.5. The van der Waals surface area contributed by atoms with Crippen LogP contribution in [0.3, 0.4) is 0 Å². The van der Waals surface area contributed by atoms with Crippen molar-refractivity contribution >= 4 is 17.0 Å². The summed E-state index contributed by atoms with van der Waals surface area (Å²) in [7, 11) is 0. The number of aromatic carboxylic acids is 1. The Labute approximate surface area is 117 Å². The van der Waals surface area contributed by atoms with Gasteiger partial charge in [-0.3, -0.25) is 0 Å². The van der Waals surface area contributed by atoms with E-state index in [0.717, 1.165) is 24.1 Å². The van der Waals surface area contributed by atoms with E-state index >= 15 is 0 Å². The zero-order valence-electron chi connectivity index (χ0n) is 11.7. The summed E-state index contributed by atoms with van der Waals surface area (Å²) in [6.45, 7) is 5.77. The van der Waals surface area contributed by atoms with Gasteiger partial charge in [0, 0.05) is 18.1 Å². The van der Waals surface area contributed by atoms with Gasteiger partial charge in [0.1, 0.15) is 0 Å². The summed E-state index contributed by atoms with van der Waals surface area (Å²) < 4.78 is 7.66. The molecule has 1 fully saturated rings. The van der Waals surface area contributed by atoms with E-state index in [4.69, 9.17) is 9.84 Å². The fourth-order valence-corrected chi connectivity index (χ4v) is 2.94. The number of imidazole rings is 1. The Bertz CT molecular complexity index is 660. The van der Waals surface area contributed by atoms with Crippen LogP contribution >= 0.6 is 0 Å². The molecule has 2 heterocycles. The molecule has 1 aliphatic rings. The third kappa shape index (κ3) is 2.08. The molecule has 2 aromatic rings. The topological polar surface area (TPSA) is 64.4 Å². The molecule has 0 saturated carbocycles. The number of carbonyl (C=O) groups is 1. The molecule has 1 saturated heterocycles. The van der Waals surface area contributed by atoms with Crippen LogP contribution < -0.4 is 0 Å². The van der Waals surface area contributed by atoms with Crippen molar-refractivity contribution < 1.29 is 14.6 Å². The Hall–Kier alpha value is -1.88. The fraction of sp³-hybridized carbons (Fsp3) is 0.467. The van der Waals surface area contributed by atoms with Gasteiger partial charge < -0.3 is 14.4 Å². The molecule has 1 atom stereocenters. The van der Waals surface area contributed by atoms with Gasteiger partial charge in [0.25, 0.3) is 0 Å². The van der Waals surface area contributed by atoms with Gasteiger partial charge >= 0.3 is 5.97 Å². The second-order valence-corrected chi connectivity index (χ2v) is 6.01. The van der Waals surface area contributed by atoms with Crippen LogP contribution in [0.2, 0.25) is 0 Å². The first-order chi connectivity index (χ1) is 9.49. The molecule has 1 unspecified atom stereocenters. The van der Waals surface area contributed by atoms with E-state index in [1.807, 2.05) is 6.33 Å². The summed E-state index contributed by atoms with van der Waals surface area (Å²) in [5, 5.41) is 9.14. The molecular formula is C15H18N2O3. The lowest BCUT2D eigenvalue weighted by Crippen LogP contribution is -2.36. The summed E-state index contributed by atoms with van der Waals surface area (Å²) >= 11 is 0. The molecule has 0 spiro atoms. The molecule has 0 radical (unpaired) electrons. The van der Waals surface area contributed by atoms with E-state index in [-0.39, 0.29) is 11.5 Å². The highest BCUT2D eigenvalue weighted by molar-refractivity contribution is 5.92. The molecule has 5 nitrogen and oxygen atoms in total. The largest absolute Gasteiger partial charge is 0.478 e. The maximum absolute atomic E-state index is 11.1. The van der Waals surface area contributed by atoms with Crippen molar-refractivity contribution in [2.24, 2.45) is 5.41 Å². The number of benzene rings is 1. The van der Waals surface area contributed by atoms with Crippen molar-refractivity contribution in [3.05, 3.63) is 30.1 Å². The number of rotatable bonds is 2. The molecule has 1 aromatic heterocycles. The molecule has 0 bridgehead atoms. The van der Waals surface area contributed by atoms with Gasteiger partial charge in [-0.2, -0.15) is 0 Å². The van der Waals surface area contributed by atoms with Gasteiger partial charge in [0.15, 0.2) is 0 Å². The number of hydrogen-bond acceptors (Lipinski definition) is 3. The fourth-order valence-electron chi connectivity index (χ4n) is 2.94. The first-order valence-electron chi connectivity index (χ1n) is 6.77. The molecule has 1 aliphatic heterocycles. The van der Waals surface area contributed by atoms with Crippen LogP contribution in [0.4, 0.5) is 0 Å². The highest BCUT2D eigenvalue weighted by atomic mass is 16.5. The zero-order valence-corrected chi connectivity index (χ0v) is 11.7. The van der Waals surface area contributed by atoms with Crippen LogP contribution in [0.1, 0.15) is 36.7 Å². The molecule has 5 heteroatoms. The number of nitrogens with zero attached hydrogens (tertiary/aromatic N) is 2. The number of hydrogen-bond donors (Lipinski definition) is 1. The molecule has 1 N–H and O–H groups in total. The second-order valence-electron chi connectivity index (χ2n) is 6.01. The average Bonchev–Trinajstić information content (AvgIpc) is 2.81. The average molecular weight is 274 g/mol. The third-order valence-corrected chi connectivity index (χ3v) is 4.07. The maximum Gasteiger partial charge on any atom is 0.335 e. The lowest BCUT2D eigenvalue weighted by atomic mass is 9.81. The van der Waals surface area contributed by atoms with Crippen LogP contribution in [-0.2, 0) is 4.74 Å². The van der Waals surface area contributed by atoms with E-state index in [1.54, 1.807) is 18.2 Å². The monoisotopic (exact) mass is 274 g/mol. The highest BCUT2D eigenvalue weighted by Crippen LogP contribution is 2.39. The predicted molar refractivity (Wildman–Crippen MR) is 74.9 cm³/mol. The number of ether oxygens (including phenoxy) is 1. The van der Waals surface area contributed by atoms with Gasteiger partial charge in [0.05, 0.1) is 29.5 Å². The van der Waals surface area contributed by atoms with Crippen LogP contribution in [0.5, 0.6) is 0 Å². The summed E-state index contributed by atoms with van der Waals surface area (Å²) in [6, 6.07) is 5.33.